The second-order valence-corrected chi connectivity index (χ2v) is 5.92. The van der Waals surface area contributed by atoms with Crippen LogP contribution in [0.5, 0.6) is 5.75 Å². The lowest BCUT2D eigenvalue weighted by molar-refractivity contribution is -0.152. The van der Waals surface area contributed by atoms with E-state index in [1.807, 2.05) is 6.07 Å². The van der Waals surface area contributed by atoms with Crippen LogP contribution in [0.1, 0.15) is 44.9 Å². The van der Waals surface area contributed by atoms with Crippen LogP contribution in [0.4, 0.5) is 5.69 Å². The molecule has 0 atom stereocenters. The molecule has 1 aromatic rings. The van der Waals surface area contributed by atoms with Gasteiger partial charge in [0.1, 0.15) is 5.75 Å². The van der Waals surface area contributed by atoms with Crippen LogP contribution >= 0.6 is 0 Å². The zero-order chi connectivity index (χ0) is 16.0. The Morgan fingerprint density at radius 2 is 1.82 bits per heavy atom. The lowest BCUT2D eigenvalue weighted by Crippen LogP contribution is -2.35. The van der Waals surface area contributed by atoms with Gasteiger partial charge in [-0.25, -0.2) is 0 Å². The molecule has 1 saturated carbocycles. The Bertz CT molecular complexity index is 533. The number of para-hydroxylation sites is 2. The summed E-state index contributed by atoms with van der Waals surface area (Å²) < 4.78 is 5.20. The van der Waals surface area contributed by atoms with Gasteiger partial charge in [0.15, 0.2) is 0 Å². The van der Waals surface area contributed by atoms with Crippen molar-refractivity contribution in [3.8, 4) is 5.75 Å². The molecular formula is C17H23NO4. The zero-order valence-electron chi connectivity index (χ0n) is 12.9. The summed E-state index contributed by atoms with van der Waals surface area (Å²) in [6, 6.07) is 7.13. The van der Waals surface area contributed by atoms with Crippen LogP contribution in [0.25, 0.3) is 0 Å². The molecule has 2 rings (SSSR count). The van der Waals surface area contributed by atoms with Crippen molar-refractivity contribution in [2.75, 3.05) is 12.4 Å². The van der Waals surface area contributed by atoms with E-state index in [2.05, 4.69) is 5.32 Å². The predicted octanol–water partition coefficient (Wildman–Crippen LogP) is 3.45. The van der Waals surface area contributed by atoms with Crippen molar-refractivity contribution >= 4 is 17.6 Å². The molecule has 22 heavy (non-hydrogen) atoms. The summed E-state index contributed by atoms with van der Waals surface area (Å²) in [6.45, 7) is 0. The molecule has 0 spiro atoms. The van der Waals surface area contributed by atoms with Gasteiger partial charge in [0.05, 0.1) is 18.2 Å². The van der Waals surface area contributed by atoms with Gasteiger partial charge in [0, 0.05) is 6.42 Å². The molecule has 0 unspecified atom stereocenters. The molecule has 1 aromatic carbocycles. The number of carboxylic acid groups (broad SMARTS) is 1. The molecule has 2 N–H and O–H groups in total. The summed E-state index contributed by atoms with van der Waals surface area (Å²) in [6.07, 6.45) is 4.98. The zero-order valence-corrected chi connectivity index (χ0v) is 12.9. The van der Waals surface area contributed by atoms with E-state index < -0.39 is 11.4 Å². The number of hydrogen-bond donors (Lipinski definition) is 2. The van der Waals surface area contributed by atoms with E-state index >= 15 is 0 Å². The van der Waals surface area contributed by atoms with Crippen molar-refractivity contribution < 1.29 is 19.4 Å². The number of methoxy groups -OCH3 is 1. The summed E-state index contributed by atoms with van der Waals surface area (Å²) in [5.74, 6) is -0.556. The number of carbonyl (C=O) groups excluding carboxylic acids is 1. The van der Waals surface area contributed by atoms with Crippen molar-refractivity contribution in [2.45, 2.75) is 44.9 Å². The largest absolute Gasteiger partial charge is 0.495 e. The number of benzene rings is 1. The highest BCUT2D eigenvalue weighted by atomic mass is 16.5. The molecule has 1 aliphatic carbocycles. The highest BCUT2D eigenvalue weighted by Gasteiger charge is 2.40. The SMILES string of the molecule is COc1ccccc1NC(=O)CC1(C(=O)O)CCCCCC1. The molecule has 1 fully saturated rings. The number of carboxylic acids is 1. The Morgan fingerprint density at radius 1 is 1.18 bits per heavy atom. The summed E-state index contributed by atoms with van der Waals surface area (Å²) in [7, 11) is 1.54. The maximum atomic E-state index is 12.3. The fourth-order valence-corrected chi connectivity index (χ4v) is 3.12. The maximum Gasteiger partial charge on any atom is 0.310 e. The minimum absolute atomic E-state index is 0.0143. The van der Waals surface area contributed by atoms with E-state index in [1.54, 1.807) is 18.2 Å². The van der Waals surface area contributed by atoms with E-state index in [1.165, 1.54) is 7.11 Å². The lowest BCUT2D eigenvalue weighted by atomic mass is 9.77. The average Bonchev–Trinajstić information content (AvgIpc) is 2.74. The first-order valence-corrected chi connectivity index (χ1v) is 7.74. The fraction of sp³-hybridized carbons (Fsp3) is 0.529. The molecule has 5 nitrogen and oxygen atoms in total. The van der Waals surface area contributed by atoms with E-state index in [-0.39, 0.29) is 12.3 Å². The normalized spacial score (nSPS) is 17.3. The van der Waals surface area contributed by atoms with Gasteiger partial charge >= 0.3 is 5.97 Å². The second kappa shape index (κ2) is 7.29. The monoisotopic (exact) mass is 305 g/mol. The van der Waals surface area contributed by atoms with Crippen molar-refractivity contribution in [1.82, 2.24) is 0 Å². The number of hydrogen-bond acceptors (Lipinski definition) is 3. The highest BCUT2D eigenvalue weighted by molar-refractivity contribution is 5.95. The molecule has 0 saturated heterocycles. The van der Waals surface area contributed by atoms with Gasteiger partial charge in [-0.3, -0.25) is 9.59 Å². The molecule has 0 aliphatic heterocycles. The van der Waals surface area contributed by atoms with Crippen LogP contribution in [0.3, 0.4) is 0 Å². The van der Waals surface area contributed by atoms with Gasteiger partial charge in [0.2, 0.25) is 5.91 Å². The van der Waals surface area contributed by atoms with E-state index in [0.29, 0.717) is 24.3 Å². The molecule has 1 aliphatic rings. The molecule has 0 bridgehead atoms. The van der Waals surface area contributed by atoms with Crippen LogP contribution < -0.4 is 10.1 Å². The topological polar surface area (TPSA) is 75.6 Å². The number of aliphatic carboxylic acids is 1. The number of nitrogens with one attached hydrogen (secondary N) is 1. The summed E-state index contributed by atoms with van der Waals surface area (Å²) in [4.78, 5) is 24.1. The summed E-state index contributed by atoms with van der Waals surface area (Å²) in [5.41, 5.74) is -0.355. The van der Waals surface area contributed by atoms with Crippen molar-refractivity contribution in [3.63, 3.8) is 0 Å². The standard InChI is InChI=1S/C17H23NO4/c1-22-14-9-5-4-8-13(14)18-15(19)12-17(16(20)21)10-6-2-3-7-11-17/h4-5,8-9H,2-3,6-7,10-12H2,1H3,(H,18,19)(H,20,21). The Balaban J connectivity index is 2.10. The van der Waals surface area contributed by atoms with E-state index in [9.17, 15) is 14.7 Å². The lowest BCUT2D eigenvalue weighted by Gasteiger charge is -2.27. The van der Waals surface area contributed by atoms with Crippen LogP contribution in [-0.2, 0) is 9.59 Å². The third-order valence-electron chi connectivity index (χ3n) is 4.39. The van der Waals surface area contributed by atoms with Crippen LogP contribution in [0.2, 0.25) is 0 Å². The molecule has 120 valence electrons. The second-order valence-electron chi connectivity index (χ2n) is 5.92. The van der Waals surface area contributed by atoms with Crippen LogP contribution in [0, 0.1) is 5.41 Å². The van der Waals surface area contributed by atoms with Crippen LogP contribution in [0.15, 0.2) is 24.3 Å². The summed E-state index contributed by atoms with van der Waals surface area (Å²) in [5, 5.41) is 12.4. The number of rotatable bonds is 5. The van der Waals surface area contributed by atoms with Gasteiger partial charge < -0.3 is 15.2 Å². The number of carbonyl (C=O) groups is 2. The smallest absolute Gasteiger partial charge is 0.310 e. The third-order valence-corrected chi connectivity index (χ3v) is 4.39. The number of ether oxygens (including phenoxy) is 1. The Labute approximate surface area is 130 Å². The summed E-state index contributed by atoms with van der Waals surface area (Å²) >= 11 is 0. The van der Waals surface area contributed by atoms with Gasteiger partial charge in [-0.1, -0.05) is 37.8 Å². The first-order chi connectivity index (χ1) is 10.6. The fourth-order valence-electron chi connectivity index (χ4n) is 3.12. The van der Waals surface area contributed by atoms with Gasteiger partial charge in [0.25, 0.3) is 0 Å². The Hall–Kier alpha value is -2.04. The highest BCUT2D eigenvalue weighted by Crippen LogP contribution is 2.39. The van der Waals surface area contributed by atoms with Gasteiger partial charge in [-0.15, -0.1) is 0 Å². The quantitative estimate of drug-likeness (QED) is 0.817. The van der Waals surface area contributed by atoms with Crippen molar-refractivity contribution in [3.05, 3.63) is 24.3 Å². The van der Waals surface area contributed by atoms with Gasteiger partial charge in [-0.05, 0) is 25.0 Å². The third kappa shape index (κ3) is 3.78. The van der Waals surface area contributed by atoms with E-state index in [4.69, 9.17) is 4.74 Å². The van der Waals surface area contributed by atoms with Crippen LogP contribution in [-0.4, -0.2) is 24.1 Å². The molecule has 0 heterocycles. The van der Waals surface area contributed by atoms with Crippen molar-refractivity contribution in [2.24, 2.45) is 5.41 Å². The Morgan fingerprint density at radius 3 is 2.41 bits per heavy atom. The van der Waals surface area contributed by atoms with Crippen molar-refractivity contribution in [1.29, 1.82) is 0 Å². The molecule has 0 aromatic heterocycles. The first-order valence-electron chi connectivity index (χ1n) is 7.74. The molecule has 1 amide bonds. The van der Waals surface area contributed by atoms with E-state index in [0.717, 1.165) is 25.7 Å². The maximum absolute atomic E-state index is 12.3. The molecular weight excluding hydrogens is 282 g/mol. The Kier molecular flexibility index (Phi) is 5.41. The first kappa shape index (κ1) is 16.3. The number of anilines is 1. The molecule has 5 heteroatoms. The minimum atomic E-state index is -0.928. The minimum Gasteiger partial charge on any atom is -0.495 e. The number of amides is 1. The van der Waals surface area contributed by atoms with Gasteiger partial charge in [-0.2, -0.15) is 0 Å². The predicted molar refractivity (Wildman–Crippen MR) is 84.0 cm³/mol. The average molecular weight is 305 g/mol. The molecule has 0 radical (unpaired) electrons.